The van der Waals surface area contributed by atoms with E-state index in [-0.39, 0.29) is 24.6 Å². The van der Waals surface area contributed by atoms with Crippen LogP contribution in [0.3, 0.4) is 0 Å². The predicted molar refractivity (Wildman–Crippen MR) is 68.7 cm³/mol. The van der Waals surface area contributed by atoms with E-state index in [0.29, 0.717) is 0 Å². The fraction of sp³-hybridized carbons (Fsp3) is 0.308. The number of carboxylic acid groups (broad SMARTS) is 1. The van der Waals surface area contributed by atoms with Gasteiger partial charge >= 0.3 is 12.1 Å². The number of aromatic nitrogens is 3. The molecule has 0 aliphatic heterocycles. The van der Waals surface area contributed by atoms with Crippen LogP contribution in [0.1, 0.15) is 28.5 Å². The summed E-state index contributed by atoms with van der Waals surface area (Å²) in [6.45, 7) is 1.58. The molecule has 0 saturated carbocycles. The summed E-state index contributed by atoms with van der Waals surface area (Å²) in [6.07, 6.45) is -2.95. The van der Waals surface area contributed by atoms with E-state index in [1.165, 1.54) is 6.20 Å². The Kier molecular flexibility index (Phi) is 4.52. The topological polar surface area (TPSA) is 77.2 Å². The van der Waals surface area contributed by atoms with E-state index in [0.717, 1.165) is 16.9 Å². The van der Waals surface area contributed by atoms with Crippen LogP contribution in [0.25, 0.3) is 0 Å². The minimum Gasteiger partial charge on any atom is -0.478 e. The van der Waals surface area contributed by atoms with Gasteiger partial charge in [-0.15, -0.1) is 0 Å². The van der Waals surface area contributed by atoms with Gasteiger partial charge in [-0.1, -0.05) is 0 Å². The van der Waals surface area contributed by atoms with Crippen molar-refractivity contribution in [1.82, 2.24) is 14.8 Å². The summed E-state index contributed by atoms with van der Waals surface area (Å²) in [6, 6.07) is 1.04. The largest absolute Gasteiger partial charge is 0.478 e. The quantitative estimate of drug-likeness (QED) is 0.851. The Bertz CT molecular complexity index is 728. The van der Waals surface area contributed by atoms with Gasteiger partial charge in [0.2, 0.25) is 5.88 Å². The molecule has 0 amide bonds. The van der Waals surface area contributed by atoms with Gasteiger partial charge in [0, 0.05) is 12.4 Å². The smallest absolute Gasteiger partial charge is 0.436 e. The van der Waals surface area contributed by atoms with Gasteiger partial charge in [-0.2, -0.15) is 18.3 Å². The number of alkyl halides is 3. The first kappa shape index (κ1) is 16.7. The number of aromatic carboxylic acids is 1. The molecule has 0 atom stereocenters. The van der Waals surface area contributed by atoms with Crippen LogP contribution in [0.2, 0.25) is 0 Å². The van der Waals surface area contributed by atoms with Crippen LogP contribution in [-0.4, -0.2) is 32.4 Å². The van der Waals surface area contributed by atoms with Crippen molar-refractivity contribution < 1.29 is 32.2 Å². The second-order valence-electron chi connectivity index (χ2n) is 4.46. The van der Waals surface area contributed by atoms with Gasteiger partial charge in [0.05, 0.1) is 13.2 Å². The molecular formula is C13H11F4N3O3. The number of nitrogens with zero attached hydrogens (tertiary/aromatic N) is 3. The van der Waals surface area contributed by atoms with Crippen LogP contribution in [0.5, 0.6) is 5.88 Å². The summed E-state index contributed by atoms with van der Waals surface area (Å²) in [4.78, 5) is 14.6. The molecule has 0 bridgehead atoms. The van der Waals surface area contributed by atoms with E-state index in [9.17, 15) is 22.4 Å². The molecule has 2 rings (SSSR count). The number of ether oxygens (including phenoxy) is 1. The molecule has 1 N–H and O–H groups in total. The molecule has 0 aliphatic rings. The van der Waals surface area contributed by atoms with Gasteiger partial charge in [-0.25, -0.2) is 14.2 Å². The Morgan fingerprint density at radius 2 is 2.13 bits per heavy atom. The maximum atomic E-state index is 13.7. The van der Waals surface area contributed by atoms with Gasteiger partial charge in [0.1, 0.15) is 5.56 Å². The first-order chi connectivity index (χ1) is 10.7. The fourth-order valence-corrected chi connectivity index (χ4v) is 1.85. The second-order valence-corrected chi connectivity index (χ2v) is 4.46. The Balaban J connectivity index is 2.30. The van der Waals surface area contributed by atoms with E-state index in [1.807, 2.05) is 0 Å². The van der Waals surface area contributed by atoms with Crippen LogP contribution >= 0.6 is 0 Å². The maximum Gasteiger partial charge on any atom is 0.436 e. The van der Waals surface area contributed by atoms with E-state index >= 15 is 0 Å². The van der Waals surface area contributed by atoms with Crippen molar-refractivity contribution in [1.29, 1.82) is 0 Å². The summed E-state index contributed by atoms with van der Waals surface area (Å²) in [5.41, 5.74) is -2.28. The lowest BCUT2D eigenvalue weighted by molar-refractivity contribution is -0.142. The highest BCUT2D eigenvalue weighted by atomic mass is 19.4. The Hall–Kier alpha value is -2.65. The van der Waals surface area contributed by atoms with Crippen LogP contribution < -0.4 is 4.74 Å². The standard InChI is InChI=1S/C13H11F4N3O3/c1-2-23-11-9(14)3-7(4-18-11)5-20-6-8(12(21)22)10(19-20)13(15,16)17/h3-4,6H,2,5H2,1H3,(H,21,22). The van der Waals surface area contributed by atoms with Crippen molar-refractivity contribution in [3.8, 4) is 5.88 Å². The Morgan fingerprint density at radius 1 is 1.43 bits per heavy atom. The summed E-state index contributed by atoms with van der Waals surface area (Å²) in [5.74, 6) is -2.75. The zero-order valence-corrected chi connectivity index (χ0v) is 11.8. The van der Waals surface area contributed by atoms with Crippen molar-refractivity contribution in [3.05, 3.63) is 41.1 Å². The molecule has 124 valence electrons. The number of carbonyl (C=O) groups is 1. The van der Waals surface area contributed by atoms with Crippen molar-refractivity contribution in [3.63, 3.8) is 0 Å². The van der Waals surface area contributed by atoms with Gasteiger partial charge in [0.25, 0.3) is 0 Å². The van der Waals surface area contributed by atoms with Gasteiger partial charge in [-0.05, 0) is 18.6 Å². The first-order valence-corrected chi connectivity index (χ1v) is 6.37. The summed E-state index contributed by atoms with van der Waals surface area (Å²) in [7, 11) is 0. The minimum absolute atomic E-state index is 0.208. The lowest BCUT2D eigenvalue weighted by atomic mass is 10.2. The molecule has 0 aromatic carbocycles. The van der Waals surface area contributed by atoms with E-state index in [4.69, 9.17) is 9.84 Å². The predicted octanol–water partition coefficient (Wildman–Crippen LogP) is 2.58. The van der Waals surface area contributed by atoms with Crippen molar-refractivity contribution in [2.45, 2.75) is 19.6 Å². The highest BCUT2D eigenvalue weighted by Crippen LogP contribution is 2.30. The molecule has 10 heteroatoms. The maximum absolute atomic E-state index is 13.7. The molecule has 2 aromatic heterocycles. The SMILES string of the molecule is CCOc1ncc(Cn2cc(C(=O)O)c(C(F)(F)F)n2)cc1F. The molecule has 0 saturated heterocycles. The van der Waals surface area contributed by atoms with Crippen LogP contribution in [-0.2, 0) is 12.7 Å². The lowest BCUT2D eigenvalue weighted by Gasteiger charge is -2.06. The first-order valence-electron chi connectivity index (χ1n) is 6.37. The summed E-state index contributed by atoms with van der Waals surface area (Å²) >= 11 is 0. The second kappa shape index (κ2) is 6.23. The fourth-order valence-electron chi connectivity index (χ4n) is 1.85. The van der Waals surface area contributed by atoms with E-state index in [2.05, 4.69) is 10.1 Å². The number of hydrogen-bond acceptors (Lipinski definition) is 4. The number of carboxylic acids is 1. The normalized spacial score (nSPS) is 11.5. The van der Waals surface area contributed by atoms with Crippen LogP contribution in [0.15, 0.2) is 18.5 Å². The third kappa shape index (κ3) is 3.76. The average Bonchev–Trinajstić information content (AvgIpc) is 2.86. The molecule has 23 heavy (non-hydrogen) atoms. The minimum atomic E-state index is -4.90. The summed E-state index contributed by atoms with van der Waals surface area (Å²) < 4.78 is 57.5. The molecule has 0 unspecified atom stereocenters. The number of pyridine rings is 1. The van der Waals surface area contributed by atoms with Gasteiger partial charge in [0.15, 0.2) is 11.5 Å². The van der Waals surface area contributed by atoms with Gasteiger partial charge in [-0.3, -0.25) is 4.68 Å². The molecule has 0 radical (unpaired) electrons. The molecule has 0 spiro atoms. The highest BCUT2D eigenvalue weighted by molar-refractivity contribution is 5.88. The number of rotatable bonds is 5. The van der Waals surface area contributed by atoms with Crippen molar-refractivity contribution >= 4 is 5.97 Å². The van der Waals surface area contributed by atoms with Gasteiger partial charge < -0.3 is 9.84 Å². The van der Waals surface area contributed by atoms with E-state index in [1.54, 1.807) is 6.92 Å². The highest BCUT2D eigenvalue weighted by Gasteiger charge is 2.39. The van der Waals surface area contributed by atoms with Crippen LogP contribution in [0.4, 0.5) is 17.6 Å². The molecular weight excluding hydrogens is 322 g/mol. The molecule has 2 aromatic rings. The zero-order chi connectivity index (χ0) is 17.2. The Labute approximate surface area is 127 Å². The number of halogens is 4. The zero-order valence-electron chi connectivity index (χ0n) is 11.8. The van der Waals surface area contributed by atoms with Crippen LogP contribution in [0, 0.1) is 5.82 Å². The lowest BCUT2D eigenvalue weighted by Crippen LogP contribution is -2.12. The Morgan fingerprint density at radius 3 is 2.61 bits per heavy atom. The third-order valence-corrected chi connectivity index (χ3v) is 2.75. The molecule has 0 fully saturated rings. The van der Waals surface area contributed by atoms with Crippen molar-refractivity contribution in [2.24, 2.45) is 0 Å². The van der Waals surface area contributed by atoms with E-state index < -0.39 is 29.2 Å². The molecule has 2 heterocycles. The molecule has 6 nitrogen and oxygen atoms in total. The van der Waals surface area contributed by atoms with Crippen molar-refractivity contribution in [2.75, 3.05) is 6.61 Å². The monoisotopic (exact) mass is 333 g/mol. The third-order valence-electron chi connectivity index (χ3n) is 2.75. The summed E-state index contributed by atoms with van der Waals surface area (Å²) in [5, 5.41) is 12.0. The molecule has 0 aliphatic carbocycles. The number of hydrogen-bond donors (Lipinski definition) is 1. The average molecular weight is 333 g/mol.